The first kappa shape index (κ1) is 30.3. The molecule has 0 aliphatic carbocycles. The first-order valence-corrected chi connectivity index (χ1v) is 15.3. The van der Waals surface area contributed by atoms with Gasteiger partial charge in [-0.15, -0.1) is 22.7 Å². The van der Waals surface area contributed by atoms with Gasteiger partial charge in [-0.3, -0.25) is 18.7 Å². The van der Waals surface area contributed by atoms with Crippen molar-refractivity contribution in [1.82, 2.24) is 19.6 Å². The Morgan fingerprint density at radius 2 is 2.02 bits per heavy atom. The number of ether oxygens (including phenoxy) is 2. The number of allylic oxidation sites excluding steroid dienone is 1. The molecule has 2 amide bonds. The van der Waals surface area contributed by atoms with E-state index in [1.807, 2.05) is 13.0 Å². The number of anilines is 1. The zero-order valence-corrected chi connectivity index (χ0v) is 25.5. The van der Waals surface area contributed by atoms with E-state index in [2.05, 4.69) is 20.4 Å². The van der Waals surface area contributed by atoms with Crippen LogP contribution in [0.25, 0.3) is 6.08 Å². The summed E-state index contributed by atoms with van der Waals surface area (Å²) in [5, 5.41) is 7.55. The second-order valence-electron chi connectivity index (χ2n) is 9.99. The summed E-state index contributed by atoms with van der Waals surface area (Å²) in [7, 11) is -0.133. The average molecular weight is 623 g/mol. The van der Waals surface area contributed by atoms with Crippen molar-refractivity contribution in [3.05, 3.63) is 33.2 Å². The van der Waals surface area contributed by atoms with Crippen molar-refractivity contribution in [2.45, 2.75) is 52.6 Å². The van der Waals surface area contributed by atoms with Crippen LogP contribution in [0.5, 0.6) is 0 Å². The fraction of sp³-hybridized carbons (Fsp3) is 0.440. The average Bonchev–Trinajstić information content (AvgIpc) is 3.54. The van der Waals surface area contributed by atoms with Crippen LogP contribution >= 0.6 is 33.3 Å². The van der Waals surface area contributed by atoms with Gasteiger partial charge in [0.1, 0.15) is 18.8 Å². The van der Waals surface area contributed by atoms with Gasteiger partial charge in [-0.1, -0.05) is 5.16 Å². The van der Waals surface area contributed by atoms with E-state index in [0.29, 0.717) is 17.7 Å². The number of nitrogens with zero attached hydrogens (tertiary/aromatic N) is 4. The number of hydrogen-bond donors (Lipinski definition) is 2. The van der Waals surface area contributed by atoms with Crippen molar-refractivity contribution in [3.63, 3.8) is 0 Å². The quantitative estimate of drug-likeness (QED) is 0.0846. The second kappa shape index (κ2) is 12.5. The molecule has 0 spiro atoms. The van der Waals surface area contributed by atoms with E-state index in [1.54, 1.807) is 37.7 Å². The van der Waals surface area contributed by atoms with E-state index >= 15 is 0 Å². The lowest BCUT2D eigenvalue weighted by atomic mass is 9.92. The van der Waals surface area contributed by atoms with E-state index < -0.39 is 58.0 Å². The molecule has 4 heterocycles. The van der Waals surface area contributed by atoms with Crippen molar-refractivity contribution in [2.75, 3.05) is 19.6 Å². The normalized spacial score (nSPS) is 20.9. The van der Waals surface area contributed by atoms with Crippen LogP contribution in [0.15, 0.2) is 22.1 Å². The molecule has 3 unspecified atom stereocenters. The van der Waals surface area contributed by atoms with Gasteiger partial charge >= 0.3 is 11.3 Å². The number of carbonyl (C=O) groups is 4. The smallest absolute Gasteiger partial charge is 0.383 e. The highest BCUT2D eigenvalue weighted by molar-refractivity contribution is 8.27. The minimum atomic E-state index is -1.42. The van der Waals surface area contributed by atoms with Crippen LogP contribution < -0.4 is 11.1 Å². The molecule has 3 N–H and O–H groups in total. The monoisotopic (exact) mass is 622 g/mol. The molecule has 2 aliphatic heterocycles. The lowest BCUT2D eigenvalue weighted by Crippen LogP contribution is -2.70. The number of β-lactam (4-membered cyclic amide) rings is 1. The fourth-order valence-electron chi connectivity index (χ4n) is 3.98. The summed E-state index contributed by atoms with van der Waals surface area (Å²) in [6, 6.07) is -1.36. The molecule has 41 heavy (non-hydrogen) atoms. The number of thiazole rings is 2. The summed E-state index contributed by atoms with van der Waals surface area (Å²) in [4.78, 5) is 66.6. The van der Waals surface area contributed by atoms with E-state index in [9.17, 15) is 19.2 Å². The largest absolute Gasteiger partial charge is 0.427 e. The Labute approximate surface area is 246 Å². The van der Waals surface area contributed by atoms with Gasteiger partial charge in [0.05, 0.1) is 22.7 Å². The van der Waals surface area contributed by atoms with Crippen molar-refractivity contribution in [2.24, 2.45) is 10.6 Å². The minimum absolute atomic E-state index is 0.128. The molecule has 13 nitrogen and oxygen atoms in total. The van der Waals surface area contributed by atoms with Crippen LogP contribution in [0.3, 0.4) is 0 Å². The molecule has 2 aromatic rings. The Morgan fingerprint density at radius 1 is 1.27 bits per heavy atom. The number of rotatable bonds is 8. The number of nitrogens with two attached hydrogens (primary N) is 1. The number of hydrogen-bond acceptors (Lipinski definition) is 13. The van der Waals surface area contributed by atoms with Crippen molar-refractivity contribution < 1.29 is 33.5 Å². The molecule has 4 rings (SSSR count). The van der Waals surface area contributed by atoms with Gasteiger partial charge < -0.3 is 25.4 Å². The fourth-order valence-corrected chi connectivity index (χ4v) is 7.31. The third kappa shape index (κ3) is 6.65. The molecule has 16 heteroatoms. The summed E-state index contributed by atoms with van der Waals surface area (Å²) in [6.07, 6.45) is 4.62. The van der Waals surface area contributed by atoms with Crippen molar-refractivity contribution in [3.8, 4) is 0 Å². The number of oxime groups is 1. The van der Waals surface area contributed by atoms with Gasteiger partial charge in [-0.2, -0.15) is 0 Å². The van der Waals surface area contributed by atoms with Gasteiger partial charge in [0.25, 0.3) is 11.8 Å². The number of nitrogen functional groups attached to an aromatic ring is 1. The highest BCUT2D eigenvalue weighted by atomic mass is 32.2. The Morgan fingerprint density at radius 3 is 2.63 bits per heavy atom. The summed E-state index contributed by atoms with van der Waals surface area (Å²) < 4.78 is 11.8. The zero-order valence-electron chi connectivity index (χ0n) is 23.0. The number of aryl methyl sites for hydroxylation is 1. The SMILES string of the molecule is CO/N=C(/C(=O)NC1C(=O)N2C1CCC(/C=C/c1scnc1C)=S2C(=O)OCOC(=O)C(C)(C)C)c1csc(N)n1. The Kier molecular flexibility index (Phi) is 9.24. The highest BCUT2D eigenvalue weighted by Crippen LogP contribution is 2.43. The number of fused-ring (bicyclic) bond motifs is 1. The molecule has 2 aromatic heterocycles. The first-order valence-electron chi connectivity index (χ1n) is 12.4. The maximum atomic E-state index is 13.4. The third-order valence-corrected chi connectivity index (χ3v) is 9.77. The van der Waals surface area contributed by atoms with E-state index in [1.165, 1.54) is 22.8 Å². The molecular formula is C25H30N6O7S3. The lowest BCUT2D eigenvalue weighted by molar-refractivity contribution is -0.160. The number of aromatic nitrogens is 2. The molecule has 0 radical (unpaired) electrons. The molecule has 0 bridgehead atoms. The van der Waals surface area contributed by atoms with Gasteiger partial charge in [-0.25, -0.2) is 14.8 Å². The van der Waals surface area contributed by atoms with Crippen LogP contribution in [0.4, 0.5) is 9.93 Å². The molecule has 0 aromatic carbocycles. The molecule has 220 valence electrons. The van der Waals surface area contributed by atoms with Crippen LogP contribution in [0.1, 0.15) is 49.9 Å². The second-order valence-corrected chi connectivity index (χ2v) is 13.6. The standard InChI is InChI=1S/C25H30N6O7S3/c1-13-17(40-11-27-13)9-7-14-6-8-16-19(29-20(32)18(30-36-5)15-10-39-23(26)28-15)21(33)31(16)41(14)24(35)38-12-37-22(34)25(2,3)4/h7,9-11,16,19H,6,8,12H2,1-5H3,(H2,26,28)(H,29,32)/b9-7+,30-18+. The minimum Gasteiger partial charge on any atom is -0.427 e. The maximum Gasteiger partial charge on any atom is 0.383 e. The topological polar surface area (TPSA) is 175 Å². The molecule has 1 saturated heterocycles. The summed E-state index contributed by atoms with van der Waals surface area (Å²) in [5.41, 5.74) is 7.57. The summed E-state index contributed by atoms with van der Waals surface area (Å²) >= 11 is 2.58. The van der Waals surface area contributed by atoms with Gasteiger partial charge in [-0.05, 0) is 52.7 Å². The van der Waals surface area contributed by atoms with Crippen LogP contribution in [0.2, 0.25) is 0 Å². The van der Waals surface area contributed by atoms with Gasteiger partial charge in [0.2, 0.25) is 6.79 Å². The molecule has 3 atom stereocenters. The molecule has 1 fully saturated rings. The Balaban J connectivity index is 1.55. The van der Waals surface area contributed by atoms with Gasteiger partial charge in [0, 0.05) is 25.8 Å². The number of carbonyl (C=O) groups excluding carboxylic acids is 4. The van der Waals surface area contributed by atoms with E-state index in [-0.39, 0.29) is 16.5 Å². The third-order valence-electron chi connectivity index (χ3n) is 6.09. The van der Waals surface area contributed by atoms with E-state index in [0.717, 1.165) is 21.9 Å². The van der Waals surface area contributed by atoms with Crippen LogP contribution in [-0.2, 0) is 28.7 Å². The van der Waals surface area contributed by atoms with Crippen LogP contribution in [0, 0.1) is 12.3 Å². The highest BCUT2D eigenvalue weighted by Gasteiger charge is 2.53. The van der Waals surface area contributed by atoms with Crippen molar-refractivity contribution in [1.29, 1.82) is 0 Å². The van der Waals surface area contributed by atoms with Crippen LogP contribution in [-0.4, -0.2) is 73.9 Å². The predicted molar refractivity (Wildman–Crippen MR) is 157 cm³/mol. The zero-order chi connectivity index (χ0) is 29.9. The van der Waals surface area contributed by atoms with Crippen molar-refractivity contribution >= 4 is 78.2 Å². The maximum absolute atomic E-state index is 13.4. The first-order chi connectivity index (χ1) is 19.4. The molecule has 0 saturated carbocycles. The Hall–Kier alpha value is -3.63. The lowest BCUT2D eigenvalue weighted by Gasteiger charge is -2.50. The number of esters is 1. The predicted octanol–water partition coefficient (Wildman–Crippen LogP) is 3.08. The number of nitrogens with one attached hydrogen (secondary N) is 1. The summed E-state index contributed by atoms with van der Waals surface area (Å²) in [6.45, 7) is 6.35. The van der Waals surface area contributed by atoms with Gasteiger partial charge in [0.15, 0.2) is 10.8 Å². The number of amides is 2. The van der Waals surface area contributed by atoms with E-state index in [4.69, 9.17) is 20.0 Å². The molecule has 2 aliphatic rings. The summed E-state index contributed by atoms with van der Waals surface area (Å²) in [5.74, 6) is -1.65. The molecular weight excluding hydrogens is 593 g/mol. The Bertz CT molecular complexity index is 1460.